The van der Waals surface area contributed by atoms with Crippen LogP contribution in [0.15, 0.2) is 84.9 Å². The van der Waals surface area contributed by atoms with E-state index in [1.807, 2.05) is 0 Å². The maximum absolute atomic E-state index is 8.93. The van der Waals surface area contributed by atoms with Crippen LogP contribution in [0.25, 0.3) is 0 Å². The summed E-state index contributed by atoms with van der Waals surface area (Å²) in [7, 11) is -1.43. The minimum absolute atomic E-state index is 0.0621. The van der Waals surface area contributed by atoms with Gasteiger partial charge in [0.1, 0.15) is 0 Å². The van der Waals surface area contributed by atoms with Crippen LogP contribution in [-0.4, -0.2) is 20.8 Å². The van der Waals surface area contributed by atoms with Gasteiger partial charge in [-0.3, -0.25) is 0 Å². The van der Waals surface area contributed by atoms with Gasteiger partial charge < -0.3 is 9.53 Å². The van der Waals surface area contributed by atoms with Gasteiger partial charge in [-0.1, -0.05) is 105 Å². The van der Waals surface area contributed by atoms with Crippen LogP contribution >= 0.6 is 0 Å². The molecule has 165 valence electrons. The predicted octanol–water partition coefficient (Wildman–Crippen LogP) is 5.11. The van der Waals surface area contributed by atoms with E-state index >= 15 is 0 Å². The Morgan fingerprint density at radius 2 is 1.47 bits per heavy atom. The molecule has 0 heterocycles. The Bertz CT molecular complexity index is 974. The molecule has 0 saturated heterocycles. The molecule has 0 amide bonds. The zero-order valence-electron chi connectivity index (χ0n) is 19.3. The molecule has 0 bridgehead atoms. The summed E-state index contributed by atoms with van der Waals surface area (Å²) in [6.07, 6.45) is 2.47. The lowest BCUT2D eigenvalue weighted by Gasteiger charge is -2.34. The van der Waals surface area contributed by atoms with Crippen LogP contribution < -0.4 is 10.4 Å². The molecule has 2 nitrogen and oxygen atoms in total. The first-order valence-corrected chi connectivity index (χ1v) is 12.7. The van der Waals surface area contributed by atoms with Crippen molar-refractivity contribution in [3.8, 4) is 11.8 Å². The minimum atomic E-state index is -1.43. The Labute approximate surface area is 195 Å². The summed E-state index contributed by atoms with van der Waals surface area (Å²) in [4.78, 5) is 0. The smallest absolute Gasteiger partial charge is 0.283 e. The summed E-state index contributed by atoms with van der Waals surface area (Å²) in [6.45, 7) is 6.94. The highest BCUT2D eigenvalue weighted by Crippen LogP contribution is 2.36. The Hall–Kier alpha value is -2.64. The van der Waals surface area contributed by atoms with E-state index in [1.165, 1.54) is 10.4 Å². The molecule has 3 aromatic carbocycles. The van der Waals surface area contributed by atoms with Crippen LogP contribution in [0.5, 0.6) is 0 Å². The van der Waals surface area contributed by atoms with Crippen molar-refractivity contribution >= 4 is 19.4 Å². The summed E-state index contributed by atoms with van der Waals surface area (Å²) in [5.41, 5.74) is 2.10. The van der Waals surface area contributed by atoms with Crippen LogP contribution in [0, 0.1) is 17.3 Å². The first-order valence-electron chi connectivity index (χ1n) is 11.3. The van der Waals surface area contributed by atoms with E-state index < -0.39 is 9.04 Å². The largest absolute Gasteiger partial charge is 0.400 e. The molecule has 0 fully saturated rings. The van der Waals surface area contributed by atoms with E-state index in [9.17, 15) is 0 Å². The van der Waals surface area contributed by atoms with Gasteiger partial charge in [0.2, 0.25) is 0 Å². The van der Waals surface area contributed by atoms with Gasteiger partial charge in [0.15, 0.2) is 0 Å². The minimum Gasteiger partial charge on any atom is -0.400 e. The number of benzene rings is 3. The lowest BCUT2D eigenvalue weighted by molar-refractivity contribution is 0.0897. The summed E-state index contributed by atoms with van der Waals surface area (Å²) >= 11 is 0. The Kier molecular flexibility index (Phi) is 8.87. The fourth-order valence-corrected chi connectivity index (χ4v) is 5.93. The standard InChI is InChI=1S/C29H33O2Si/c1-29(2,3)28(25-17-14-16-24(23-25)15-8-4-5-13-22-30)31-32(26-18-9-6-10-19-26)27-20-11-7-12-21-27/h6-7,9-12,14,16-21,23,28,30H,4-5,13,22H2,1-3H3. The first kappa shape index (κ1) is 24.0. The van der Waals surface area contributed by atoms with Crippen LogP contribution in [-0.2, 0) is 4.43 Å². The van der Waals surface area contributed by atoms with Crippen molar-refractivity contribution in [2.75, 3.05) is 6.61 Å². The molecular formula is C29H33O2Si. The van der Waals surface area contributed by atoms with Crippen molar-refractivity contribution in [1.82, 2.24) is 0 Å². The Balaban J connectivity index is 1.92. The number of unbranched alkanes of at least 4 members (excludes halogenated alkanes) is 2. The Morgan fingerprint density at radius 3 is 2.03 bits per heavy atom. The molecule has 0 aliphatic heterocycles. The van der Waals surface area contributed by atoms with Crippen LogP contribution in [0.3, 0.4) is 0 Å². The average molecular weight is 442 g/mol. The fraction of sp³-hybridized carbons (Fsp3) is 0.310. The molecule has 0 saturated carbocycles. The maximum Gasteiger partial charge on any atom is 0.283 e. The molecule has 0 aliphatic rings. The van der Waals surface area contributed by atoms with E-state index in [0.717, 1.165) is 30.4 Å². The number of aliphatic hydroxyl groups excluding tert-OH is 1. The van der Waals surface area contributed by atoms with Gasteiger partial charge in [-0.25, -0.2) is 0 Å². The second-order valence-electron chi connectivity index (χ2n) is 9.03. The fourth-order valence-electron chi connectivity index (χ4n) is 3.61. The summed E-state index contributed by atoms with van der Waals surface area (Å²) < 4.78 is 7.01. The number of aliphatic hydroxyl groups is 1. The number of hydrogen-bond donors (Lipinski definition) is 1. The van der Waals surface area contributed by atoms with Gasteiger partial charge in [-0.2, -0.15) is 0 Å². The molecular weight excluding hydrogens is 408 g/mol. The monoisotopic (exact) mass is 441 g/mol. The summed E-state index contributed by atoms with van der Waals surface area (Å²) in [6, 6.07) is 29.6. The normalized spacial score (nSPS) is 12.3. The molecule has 0 aromatic heterocycles. The SMILES string of the molecule is CC(C)(C)C(O[Si](c1ccccc1)c1ccccc1)c1cccc(C#CCCCCO)c1. The van der Waals surface area contributed by atoms with Gasteiger partial charge in [0, 0.05) is 18.6 Å². The number of rotatable bonds is 8. The zero-order chi connectivity index (χ0) is 22.8. The summed E-state index contributed by atoms with van der Waals surface area (Å²) in [5, 5.41) is 11.4. The Morgan fingerprint density at radius 1 is 0.844 bits per heavy atom. The average Bonchev–Trinajstić information content (AvgIpc) is 2.80. The molecule has 3 heteroatoms. The highest BCUT2D eigenvalue weighted by atomic mass is 28.3. The number of hydrogen-bond acceptors (Lipinski definition) is 2. The second-order valence-corrected chi connectivity index (χ2v) is 11.1. The molecule has 1 N–H and O–H groups in total. The van der Waals surface area contributed by atoms with Crippen molar-refractivity contribution < 1.29 is 9.53 Å². The third-order valence-electron chi connectivity index (χ3n) is 5.23. The lowest BCUT2D eigenvalue weighted by Crippen LogP contribution is -2.47. The van der Waals surface area contributed by atoms with Crippen molar-refractivity contribution in [3.63, 3.8) is 0 Å². The molecule has 1 unspecified atom stereocenters. The molecule has 3 rings (SSSR count). The van der Waals surface area contributed by atoms with Crippen molar-refractivity contribution in [2.24, 2.45) is 5.41 Å². The van der Waals surface area contributed by atoms with E-state index in [0.29, 0.717) is 0 Å². The second kappa shape index (κ2) is 11.8. The predicted molar refractivity (Wildman–Crippen MR) is 135 cm³/mol. The van der Waals surface area contributed by atoms with Crippen molar-refractivity contribution in [3.05, 3.63) is 96.1 Å². The zero-order valence-corrected chi connectivity index (χ0v) is 20.3. The maximum atomic E-state index is 8.93. The van der Waals surface area contributed by atoms with Gasteiger partial charge in [-0.05, 0) is 46.3 Å². The molecule has 32 heavy (non-hydrogen) atoms. The van der Waals surface area contributed by atoms with Gasteiger partial charge in [0.25, 0.3) is 9.04 Å². The van der Waals surface area contributed by atoms with E-state index in [2.05, 4.69) is 118 Å². The summed E-state index contributed by atoms with van der Waals surface area (Å²) in [5.74, 6) is 6.53. The van der Waals surface area contributed by atoms with Crippen molar-refractivity contribution in [2.45, 2.75) is 46.1 Å². The molecule has 3 aromatic rings. The molecule has 0 spiro atoms. The molecule has 0 aliphatic carbocycles. The topological polar surface area (TPSA) is 29.5 Å². The van der Waals surface area contributed by atoms with Gasteiger partial charge in [0.05, 0.1) is 6.10 Å². The van der Waals surface area contributed by atoms with E-state index in [1.54, 1.807) is 0 Å². The van der Waals surface area contributed by atoms with Crippen LogP contribution in [0.1, 0.15) is 57.3 Å². The molecule has 1 radical (unpaired) electrons. The van der Waals surface area contributed by atoms with Gasteiger partial charge in [-0.15, -0.1) is 0 Å². The third kappa shape index (κ3) is 6.93. The van der Waals surface area contributed by atoms with E-state index in [4.69, 9.17) is 9.53 Å². The highest BCUT2D eigenvalue weighted by molar-refractivity contribution is 6.80. The highest BCUT2D eigenvalue weighted by Gasteiger charge is 2.32. The first-order chi connectivity index (χ1) is 15.5. The van der Waals surface area contributed by atoms with E-state index in [-0.39, 0.29) is 18.1 Å². The van der Waals surface area contributed by atoms with Gasteiger partial charge >= 0.3 is 0 Å². The molecule has 1 atom stereocenters. The van der Waals surface area contributed by atoms with Crippen LogP contribution in [0.4, 0.5) is 0 Å². The lowest BCUT2D eigenvalue weighted by atomic mass is 9.84. The quantitative estimate of drug-likeness (QED) is 0.299. The van der Waals surface area contributed by atoms with Crippen molar-refractivity contribution in [1.29, 1.82) is 0 Å². The van der Waals surface area contributed by atoms with Crippen LogP contribution in [0.2, 0.25) is 0 Å². The third-order valence-corrected chi connectivity index (χ3v) is 7.41.